The number of sulfonamides is 1. The van der Waals surface area contributed by atoms with Gasteiger partial charge in [-0.3, -0.25) is 4.79 Å². The number of unbranched alkanes of at least 4 members (excludes halogenated alkanes) is 1. The molecule has 0 saturated carbocycles. The van der Waals surface area contributed by atoms with Gasteiger partial charge in [-0.25, -0.2) is 17.5 Å². The number of amides is 1. The summed E-state index contributed by atoms with van der Waals surface area (Å²) in [7, 11) is -4.10. The standard InChI is InChI=1S/C18H16BrNO5S2/c1-2-3-4-17(21)20(27(23,24)14-8-5-12(19)6-9-14)13-7-10-15-16(11-13)26-18(22)25-15/h5-11H,2-4H2,1H3. The number of hydrogen-bond acceptors (Lipinski definition) is 6. The smallest absolute Gasteiger partial charge is 0.396 e. The Labute approximate surface area is 168 Å². The first-order chi connectivity index (χ1) is 12.8. The molecule has 0 saturated heterocycles. The number of benzene rings is 2. The van der Waals surface area contributed by atoms with Crippen molar-refractivity contribution < 1.29 is 17.6 Å². The second kappa shape index (κ2) is 7.95. The van der Waals surface area contributed by atoms with Crippen LogP contribution in [0.25, 0.3) is 10.3 Å². The quantitative estimate of drug-likeness (QED) is 0.529. The van der Waals surface area contributed by atoms with E-state index in [1.165, 1.54) is 30.3 Å². The van der Waals surface area contributed by atoms with Crippen LogP contribution in [0.1, 0.15) is 26.2 Å². The number of carbonyl (C=O) groups excluding carboxylic acids is 1. The minimum atomic E-state index is -4.10. The van der Waals surface area contributed by atoms with Gasteiger partial charge in [0.05, 0.1) is 15.3 Å². The van der Waals surface area contributed by atoms with Crippen LogP contribution in [-0.4, -0.2) is 14.3 Å². The topological polar surface area (TPSA) is 84.7 Å². The van der Waals surface area contributed by atoms with Crippen molar-refractivity contribution in [2.75, 3.05) is 4.31 Å². The minimum Gasteiger partial charge on any atom is -0.414 e. The average molecular weight is 470 g/mol. The fourth-order valence-corrected chi connectivity index (χ4v) is 4.95. The van der Waals surface area contributed by atoms with Crippen LogP contribution in [0.5, 0.6) is 0 Å². The average Bonchev–Trinajstić information content (AvgIpc) is 2.99. The first kappa shape index (κ1) is 19.8. The van der Waals surface area contributed by atoms with Crippen molar-refractivity contribution in [3.8, 4) is 0 Å². The van der Waals surface area contributed by atoms with Crippen molar-refractivity contribution in [2.24, 2.45) is 0 Å². The van der Waals surface area contributed by atoms with Gasteiger partial charge in [0, 0.05) is 10.9 Å². The van der Waals surface area contributed by atoms with Crippen LogP contribution in [0.2, 0.25) is 0 Å². The van der Waals surface area contributed by atoms with Crippen molar-refractivity contribution in [1.82, 2.24) is 0 Å². The Kier molecular flexibility index (Phi) is 5.83. The Balaban J connectivity index is 2.13. The van der Waals surface area contributed by atoms with Gasteiger partial charge >= 0.3 is 4.94 Å². The Morgan fingerprint density at radius 2 is 1.89 bits per heavy atom. The fraction of sp³-hybridized carbons (Fsp3) is 0.222. The normalized spacial score (nSPS) is 11.6. The lowest BCUT2D eigenvalue weighted by Crippen LogP contribution is -2.36. The predicted molar refractivity (Wildman–Crippen MR) is 109 cm³/mol. The molecule has 0 atom stereocenters. The first-order valence-electron chi connectivity index (χ1n) is 8.20. The molecule has 6 nitrogen and oxygen atoms in total. The molecule has 0 aliphatic rings. The van der Waals surface area contributed by atoms with E-state index in [1.807, 2.05) is 6.92 Å². The van der Waals surface area contributed by atoms with Gasteiger partial charge in [-0.15, -0.1) is 0 Å². The van der Waals surface area contributed by atoms with E-state index >= 15 is 0 Å². The van der Waals surface area contributed by atoms with E-state index in [0.717, 1.165) is 26.5 Å². The summed E-state index contributed by atoms with van der Waals surface area (Å²) in [5.41, 5.74) is 0.541. The lowest BCUT2D eigenvalue weighted by molar-refractivity contribution is -0.117. The molecule has 0 spiro atoms. The monoisotopic (exact) mass is 469 g/mol. The van der Waals surface area contributed by atoms with Crippen molar-refractivity contribution in [1.29, 1.82) is 0 Å². The number of hydrogen-bond donors (Lipinski definition) is 0. The molecule has 0 aliphatic carbocycles. The number of anilines is 1. The molecule has 142 valence electrons. The third-order valence-corrected chi connectivity index (χ3v) is 6.95. The second-order valence-corrected chi connectivity index (χ2v) is 9.49. The summed E-state index contributed by atoms with van der Waals surface area (Å²) in [5, 5.41) is 0. The predicted octanol–water partition coefficient (Wildman–Crippen LogP) is 4.53. The number of fused-ring (bicyclic) bond motifs is 1. The second-order valence-electron chi connectivity index (χ2n) is 5.81. The summed E-state index contributed by atoms with van der Waals surface area (Å²) >= 11 is 4.13. The summed E-state index contributed by atoms with van der Waals surface area (Å²) in [6.45, 7) is 1.93. The fourth-order valence-electron chi connectivity index (χ4n) is 2.55. The van der Waals surface area contributed by atoms with Crippen LogP contribution >= 0.6 is 27.3 Å². The van der Waals surface area contributed by atoms with Gasteiger partial charge in [-0.2, -0.15) is 0 Å². The molecule has 0 unspecified atom stereocenters. The maximum absolute atomic E-state index is 13.2. The van der Waals surface area contributed by atoms with Crippen LogP contribution in [0.4, 0.5) is 5.69 Å². The van der Waals surface area contributed by atoms with Crippen molar-refractivity contribution in [3.63, 3.8) is 0 Å². The van der Waals surface area contributed by atoms with Gasteiger partial charge in [0.25, 0.3) is 10.0 Å². The maximum atomic E-state index is 13.2. The Hall–Kier alpha value is -1.97. The van der Waals surface area contributed by atoms with Crippen LogP contribution in [-0.2, 0) is 14.8 Å². The maximum Gasteiger partial charge on any atom is 0.396 e. The molecule has 0 fully saturated rings. The molecule has 3 rings (SSSR count). The first-order valence-corrected chi connectivity index (χ1v) is 11.3. The van der Waals surface area contributed by atoms with E-state index in [2.05, 4.69) is 15.9 Å². The van der Waals surface area contributed by atoms with E-state index in [4.69, 9.17) is 4.42 Å². The van der Waals surface area contributed by atoms with Gasteiger partial charge in [-0.05, 0) is 48.9 Å². The van der Waals surface area contributed by atoms with Crippen LogP contribution < -0.4 is 9.24 Å². The molecule has 9 heteroatoms. The summed E-state index contributed by atoms with van der Waals surface area (Å²) in [6, 6.07) is 10.5. The van der Waals surface area contributed by atoms with Gasteiger partial charge < -0.3 is 4.42 Å². The zero-order chi connectivity index (χ0) is 19.6. The number of halogens is 1. The number of carbonyl (C=O) groups is 1. The Bertz CT molecular complexity index is 1130. The summed E-state index contributed by atoms with van der Waals surface area (Å²) in [4.78, 5) is 23.8. The molecule has 1 amide bonds. The zero-order valence-electron chi connectivity index (χ0n) is 14.3. The third-order valence-electron chi connectivity index (χ3n) is 3.87. The van der Waals surface area contributed by atoms with Crippen LogP contribution in [0, 0.1) is 0 Å². The van der Waals surface area contributed by atoms with Gasteiger partial charge in [0.15, 0.2) is 0 Å². The molecule has 27 heavy (non-hydrogen) atoms. The Morgan fingerprint density at radius 1 is 1.19 bits per heavy atom. The molecular weight excluding hydrogens is 454 g/mol. The largest absolute Gasteiger partial charge is 0.414 e. The van der Waals surface area contributed by atoms with Crippen LogP contribution in [0.15, 0.2) is 61.0 Å². The van der Waals surface area contributed by atoms with Crippen LogP contribution in [0.3, 0.4) is 0 Å². The molecule has 0 N–H and O–H groups in total. The van der Waals surface area contributed by atoms with Gasteiger partial charge in [0.1, 0.15) is 5.58 Å². The van der Waals surface area contributed by atoms with Crippen molar-refractivity contribution >= 4 is 59.2 Å². The number of nitrogens with zero attached hydrogens (tertiary/aromatic N) is 1. The zero-order valence-corrected chi connectivity index (χ0v) is 17.6. The number of rotatable bonds is 6. The van der Waals surface area contributed by atoms with E-state index in [0.29, 0.717) is 16.7 Å². The molecule has 0 radical (unpaired) electrons. The van der Waals surface area contributed by atoms with Gasteiger partial charge in [0.2, 0.25) is 5.91 Å². The molecule has 2 aromatic carbocycles. The van der Waals surface area contributed by atoms with E-state index in [9.17, 15) is 18.0 Å². The molecular formula is C18H16BrNO5S2. The van der Waals surface area contributed by atoms with Crippen molar-refractivity contribution in [2.45, 2.75) is 31.1 Å². The minimum absolute atomic E-state index is 0.0102. The lowest BCUT2D eigenvalue weighted by Gasteiger charge is -2.22. The summed E-state index contributed by atoms with van der Waals surface area (Å²) in [6.07, 6.45) is 1.44. The highest BCUT2D eigenvalue weighted by Gasteiger charge is 2.31. The highest BCUT2D eigenvalue weighted by molar-refractivity contribution is 9.10. The lowest BCUT2D eigenvalue weighted by atomic mass is 10.2. The molecule has 0 aliphatic heterocycles. The molecule has 1 heterocycles. The highest BCUT2D eigenvalue weighted by atomic mass is 79.9. The van der Waals surface area contributed by atoms with E-state index < -0.39 is 20.9 Å². The van der Waals surface area contributed by atoms with Crippen molar-refractivity contribution in [3.05, 3.63) is 56.7 Å². The molecule has 1 aromatic heterocycles. The molecule has 0 bridgehead atoms. The SMILES string of the molecule is CCCCC(=O)N(c1ccc2oc(=O)sc2c1)S(=O)(=O)c1ccc(Br)cc1. The Morgan fingerprint density at radius 3 is 2.56 bits per heavy atom. The van der Waals surface area contributed by atoms with Gasteiger partial charge in [-0.1, -0.05) is 40.6 Å². The summed E-state index contributed by atoms with van der Waals surface area (Å²) < 4.78 is 33.4. The summed E-state index contributed by atoms with van der Waals surface area (Å²) in [5.74, 6) is -0.519. The third kappa shape index (κ3) is 4.15. The van der Waals surface area contributed by atoms with E-state index in [-0.39, 0.29) is 17.0 Å². The highest BCUT2D eigenvalue weighted by Crippen LogP contribution is 2.30. The molecule has 3 aromatic rings. The van der Waals surface area contributed by atoms with E-state index in [1.54, 1.807) is 12.1 Å².